The van der Waals surface area contributed by atoms with Crippen molar-refractivity contribution in [2.45, 2.75) is 52.9 Å². The van der Waals surface area contributed by atoms with Crippen molar-refractivity contribution in [3.8, 4) is 22.5 Å². The molecule has 0 aliphatic carbocycles. The van der Waals surface area contributed by atoms with E-state index >= 15 is 0 Å². The van der Waals surface area contributed by atoms with Gasteiger partial charge < -0.3 is 23.8 Å². The molecular weight excluding hydrogens is 468 g/mol. The van der Waals surface area contributed by atoms with Gasteiger partial charge in [-0.05, 0) is 39.3 Å². The van der Waals surface area contributed by atoms with Crippen LogP contribution in [-0.4, -0.2) is 73.4 Å². The van der Waals surface area contributed by atoms with E-state index in [0.29, 0.717) is 58.8 Å². The van der Waals surface area contributed by atoms with E-state index in [2.05, 4.69) is 77.6 Å². The maximum atomic E-state index is 5.86. The fourth-order valence-electron chi connectivity index (χ4n) is 4.50. The highest BCUT2D eigenvalue weighted by molar-refractivity contribution is 5.88. The van der Waals surface area contributed by atoms with Gasteiger partial charge in [0.15, 0.2) is 0 Å². The molecule has 2 aromatic carbocycles. The maximum absolute atomic E-state index is 5.86. The predicted octanol–water partition coefficient (Wildman–Crippen LogP) is 4.82. The molecule has 1 aliphatic rings. The number of anilines is 1. The van der Waals surface area contributed by atoms with Crippen molar-refractivity contribution in [3.63, 3.8) is 0 Å². The average Bonchev–Trinajstić information content (AvgIpc) is 3.29. The molecule has 8 nitrogen and oxygen atoms in total. The van der Waals surface area contributed by atoms with Gasteiger partial charge in [0.05, 0.1) is 64.6 Å². The lowest BCUT2D eigenvalue weighted by Crippen LogP contribution is -2.31. The zero-order chi connectivity index (χ0) is 26.0. The molecule has 0 N–H and O–H groups in total. The van der Waals surface area contributed by atoms with Gasteiger partial charge in [-0.2, -0.15) is 0 Å². The summed E-state index contributed by atoms with van der Waals surface area (Å²) in [4.78, 5) is 2.45. The second kappa shape index (κ2) is 13.7. The zero-order valence-corrected chi connectivity index (χ0v) is 22.6. The Bertz CT molecular complexity index is 1110. The van der Waals surface area contributed by atoms with Gasteiger partial charge in [-0.3, -0.25) is 0 Å². The average molecular weight is 509 g/mol. The second-order valence-electron chi connectivity index (χ2n) is 9.66. The summed E-state index contributed by atoms with van der Waals surface area (Å²) in [6.07, 6.45) is 0.231. The lowest BCUT2D eigenvalue weighted by Gasteiger charge is -2.33. The van der Waals surface area contributed by atoms with Crippen LogP contribution < -0.4 is 4.90 Å². The molecule has 200 valence electrons. The van der Waals surface area contributed by atoms with Crippen LogP contribution in [0.5, 0.6) is 0 Å². The Labute approximate surface area is 220 Å². The lowest BCUT2D eigenvalue weighted by atomic mass is 9.95. The molecule has 0 radical (unpaired) electrons. The summed E-state index contributed by atoms with van der Waals surface area (Å²) >= 11 is 0. The quantitative estimate of drug-likeness (QED) is 0.289. The number of ether oxygens (including phenoxy) is 4. The molecule has 2 heterocycles. The van der Waals surface area contributed by atoms with Crippen LogP contribution in [0.3, 0.4) is 0 Å². The van der Waals surface area contributed by atoms with Gasteiger partial charge >= 0.3 is 0 Å². The van der Waals surface area contributed by atoms with Gasteiger partial charge in [0.1, 0.15) is 5.69 Å². The molecule has 0 saturated carbocycles. The van der Waals surface area contributed by atoms with Gasteiger partial charge in [-0.1, -0.05) is 47.7 Å². The van der Waals surface area contributed by atoms with Crippen LogP contribution in [0.1, 0.15) is 33.3 Å². The zero-order valence-electron chi connectivity index (χ0n) is 22.6. The smallest absolute Gasteiger partial charge is 0.121 e. The number of aromatic nitrogens is 3. The number of para-hydroxylation sites is 1. The minimum atomic E-state index is 0.231. The number of rotatable bonds is 14. The highest BCUT2D eigenvalue weighted by Gasteiger charge is 2.27. The first kappa shape index (κ1) is 27.3. The van der Waals surface area contributed by atoms with E-state index in [1.807, 2.05) is 18.5 Å². The largest absolute Gasteiger partial charge is 0.377 e. The molecule has 4 rings (SSSR count). The van der Waals surface area contributed by atoms with Crippen LogP contribution >= 0.6 is 0 Å². The van der Waals surface area contributed by atoms with Crippen LogP contribution in [0.25, 0.3) is 22.5 Å². The first-order chi connectivity index (χ1) is 18.1. The highest BCUT2D eigenvalue weighted by Crippen LogP contribution is 2.41. The first-order valence-corrected chi connectivity index (χ1v) is 13.3. The molecule has 37 heavy (non-hydrogen) atoms. The van der Waals surface area contributed by atoms with Gasteiger partial charge in [0, 0.05) is 29.4 Å². The van der Waals surface area contributed by atoms with Crippen molar-refractivity contribution >= 4 is 5.69 Å². The van der Waals surface area contributed by atoms with Gasteiger partial charge in [-0.15, -0.1) is 5.10 Å². The van der Waals surface area contributed by atoms with Gasteiger partial charge in [-0.25, -0.2) is 4.68 Å². The van der Waals surface area contributed by atoms with Crippen LogP contribution in [0, 0.1) is 0 Å². The van der Waals surface area contributed by atoms with E-state index in [9.17, 15) is 0 Å². The molecule has 0 spiro atoms. The fraction of sp³-hybridized carbons (Fsp3) is 0.517. The summed E-state index contributed by atoms with van der Waals surface area (Å²) in [5.41, 5.74) is 6.69. The molecule has 0 amide bonds. The third-order valence-corrected chi connectivity index (χ3v) is 6.31. The fourth-order valence-corrected chi connectivity index (χ4v) is 4.50. The number of benzene rings is 2. The van der Waals surface area contributed by atoms with Crippen molar-refractivity contribution in [3.05, 3.63) is 54.1 Å². The molecule has 0 saturated heterocycles. The summed E-state index contributed by atoms with van der Waals surface area (Å²) in [6.45, 7) is 13.8. The minimum Gasteiger partial charge on any atom is -0.377 e. The molecule has 1 aromatic heterocycles. The molecule has 1 aliphatic heterocycles. The number of nitrogens with zero attached hydrogens (tertiary/aromatic N) is 4. The number of fused-ring (bicyclic) bond motifs is 5. The summed E-state index contributed by atoms with van der Waals surface area (Å²) in [5.74, 6) is 0. The Morgan fingerprint density at radius 1 is 0.757 bits per heavy atom. The summed E-state index contributed by atoms with van der Waals surface area (Å²) in [7, 11) is 0. The van der Waals surface area contributed by atoms with E-state index in [-0.39, 0.29) is 6.10 Å². The normalized spacial score (nSPS) is 12.9. The van der Waals surface area contributed by atoms with Crippen molar-refractivity contribution < 1.29 is 18.9 Å². The summed E-state index contributed by atoms with van der Waals surface area (Å²) in [5, 5.41) is 9.19. The van der Waals surface area contributed by atoms with Gasteiger partial charge in [0.25, 0.3) is 0 Å². The lowest BCUT2D eigenvalue weighted by molar-refractivity contribution is -0.0123. The number of hydrogen-bond donors (Lipinski definition) is 0. The van der Waals surface area contributed by atoms with Crippen molar-refractivity contribution in [1.82, 2.24) is 15.0 Å². The van der Waals surface area contributed by atoms with E-state index in [4.69, 9.17) is 18.9 Å². The Morgan fingerprint density at radius 3 is 2.08 bits per heavy atom. The first-order valence-electron chi connectivity index (χ1n) is 13.3. The van der Waals surface area contributed by atoms with E-state index in [1.165, 1.54) is 11.3 Å². The SMILES string of the molecule is CC(C)OCCOCCOCCOCCn1nnc2c1-c1ccccc1N(C(C)C)Cc1ccccc1-2. The van der Waals surface area contributed by atoms with Crippen LogP contribution in [-0.2, 0) is 32.0 Å². The third-order valence-electron chi connectivity index (χ3n) is 6.31. The Balaban J connectivity index is 1.35. The Kier molecular flexibility index (Phi) is 10.1. The molecule has 0 fully saturated rings. The summed E-state index contributed by atoms with van der Waals surface area (Å²) in [6, 6.07) is 17.4. The second-order valence-corrected chi connectivity index (χ2v) is 9.66. The molecule has 3 aromatic rings. The van der Waals surface area contributed by atoms with Gasteiger partial charge in [0.2, 0.25) is 0 Å². The monoisotopic (exact) mass is 508 g/mol. The Hall–Kier alpha value is -2.78. The summed E-state index contributed by atoms with van der Waals surface area (Å²) < 4.78 is 24.4. The van der Waals surface area contributed by atoms with Crippen LogP contribution in [0.15, 0.2) is 48.5 Å². The molecule has 8 heteroatoms. The third kappa shape index (κ3) is 7.17. The van der Waals surface area contributed by atoms with Crippen molar-refractivity contribution in [1.29, 1.82) is 0 Å². The van der Waals surface area contributed by atoms with E-state index < -0.39 is 0 Å². The molecule has 0 bridgehead atoms. The van der Waals surface area contributed by atoms with Crippen LogP contribution in [0.4, 0.5) is 5.69 Å². The van der Waals surface area contributed by atoms with Crippen molar-refractivity contribution in [2.75, 3.05) is 51.1 Å². The molecule has 0 atom stereocenters. The van der Waals surface area contributed by atoms with Crippen LogP contribution in [0.2, 0.25) is 0 Å². The highest BCUT2D eigenvalue weighted by atomic mass is 16.6. The minimum absolute atomic E-state index is 0.231. The Morgan fingerprint density at radius 2 is 1.38 bits per heavy atom. The topological polar surface area (TPSA) is 70.9 Å². The standard InChI is InChI=1S/C29H40N4O4/c1-22(2)32-21-24-9-5-6-10-25(24)28-29(26-11-7-8-12-27(26)32)33(31-30-28)13-14-34-15-16-35-17-18-36-19-20-37-23(3)4/h5-12,22-23H,13-21H2,1-4H3. The molecular formula is C29H40N4O4. The molecule has 0 unspecified atom stereocenters. The van der Waals surface area contributed by atoms with Crippen molar-refractivity contribution in [2.24, 2.45) is 0 Å². The predicted molar refractivity (Wildman–Crippen MR) is 146 cm³/mol. The van der Waals surface area contributed by atoms with E-state index in [0.717, 1.165) is 29.1 Å². The number of hydrogen-bond acceptors (Lipinski definition) is 7. The van der Waals surface area contributed by atoms with E-state index in [1.54, 1.807) is 0 Å². The maximum Gasteiger partial charge on any atom is 0.121 e.